The van der Waals surface area contributed by atoms with Crippen LogP contribution in [-0.2, 0) is 6.54 Å². The highest BCUT2D eigenvalue weighted by Gasteiger charge is 2.33. The Morgan fingerprint density at radius 2 is 2.10 bits per heavy atom. The molecule has 0 radical (unpaired) electrons. The molecule has 21 heavy (non-hydrogen) atoms. The number of rotatable bonds is 4. The average Bonchev–Trinajstić information content (AvgIpc) is 2.83. The second-order valence-corrected chi connectivity index (χ2v) is 6.51. The van der Waals surface area contributed by atoms with Gasteiger partial charge in [-0.3, -0.25) is 0 Å². The maximum Gasteiger partial charge on any atom is 0.137 e. The van der Waals surface area contributed by atoms with E-state index in [4.69, 9.17) is 4.98 Å². The molecule has 0 atom stereocenters. The molecular formula is C18H25N3. The monoisotopic (exact) mass is 283 g/mol. The summed E-state index contributed by atoms with van der Waals surface area (Å²) in [4.78, 5) is 7.47. The zero-order valence-corrected chi connectivity index (χ0v) is 13.3. The number of hydrogen-bond donors (Lipinski definition) is 1. The first-order valence-corrected chi connectivity index (χ1v) is 7.99. The van der Waals surface area contributed by atoms with E-state index < -0.39 is 0 Å². The predicted octanol–water partition coefficient (Wildman–Crippen LogP) is 3.72. The van der Waals surface area contributed by atoms with E-state index in [1.165, 1.54) is 23.6 Å². The quantitative estimate of drug-likeness (QED) is 0.927. The van der Waals surface area contributed by atoms with Crippen LogP contribution in [0.2, 0.25) is 0 Å². The predicted molar refractivity (Wildman–Crippen MR) is 89.8 cm³/mol. The van der Waals surface area contributed by atoms with E-state index in [-0.39, 0.29) is 5.54 Å². The molecule has 2 heterocycles. The number of pyridine rings is 1. The van der Waals surface area contributed by atoms with Gasteiger partial charge in [-0.15, -0.1) is 0 Å². The molecule has 3 heteroatoms. The van der Waals surface area contributed by atoms with E-state index in [9.17, 15) is 0 Å². The Bertz CT molecular complexity index is 633. The molecule has 2 aromatic rings. The molecule has 0 bridgehead atoms. The highest BCUT2D eigenvalue weighted by atomic mass is 15.3. The standard InChI is InChI=1S/C18H25N3/c1-4-19-13-15-12-14-8-5-6-9-16(14)17(20-15)21-11-7-10-18(21,2)3/h5-6,8-9,12,19H,4,7,10-11,13H2,1-3H3. The van der Waals surface area contributed by atoms with Gasteiger partial charge in [0.05, 0.1) is 5.69 Å². The molecule has 0 amide bonds. The highest BCUT2D eigenvalue weighted by Crippen LogP contribution is 2.36. The summed E-state index contributed by atoms with van der Waals surface area (Å²) in [5.41, 5.74) is 1.33. The third-order valence-corrected chi connectivity index (χ3v) is 4.49. The molecular weight excluding hydrogens is 258 g/mol. The van der Waals surface area contributed by atoms with Crippen LogP contribution in [0.15, 0.2) is 30.3 Å². The second-order valence-electron chi connectivity index (χ2n) is 6.51. The summed E-state index contributed by atoms with van der Waals surface area (Å²) in [6.45, 7) is 9.70. The number of nitrogens with zero attached hydrogens (tertiary/aromatic N) is 2. The van der Waals surface area contributed by atoms with Gasteiger partial charge in [0.25, 0.3) is 0 Å². The zero-order chi connectivity index (χ0) is 14.9. The molecule has 3 rings (SSSR count). The lowest BCUT2D eigenvalue weighted by Crippen LogP contribution is -2.39. The number of anilines is 1. The molecule has 1 N–H and O–H groups in total. The highest BCUT2D eigenvalue weighted by molar-refractivity contribution is 5.93. The number of benzene rings is 1. The van der Waals surface area contributed by atoms with Gasteiger partial charge in [0, 0.05) is 24.0 Å². The van der Waals surface area contributed by atoms with Crippen LogP contribution < -0.4 is 10.2 Å². The summed E-state index contributed by atoms with van der Waals surface area (Å²) in [5.74, 6) is 1.16. The first kappa shape index (κ1) is 14.3. The first-order chi connectivity index (χ1) is 10.1. The molecule has 0 unspecified atom stereocenters. The lowest BCUT2D eigenvalue weighted by atomic mass is 10.0. The Hall–Kier alpha value is -1.61. The Balaban J connectivity index is 2.10. The van der Waals surface area contributed by atoms with E-state index in [2.05, 4.69) is 61.3 Å². The van der Waals surface area contributed by atoms with Crippen molar-refractivity contribution < 1.29 is 0 Å². The van der Waals surface area contributed by atoms with Crippen molar-refractivity contribution in [3.8, 4) is 0 Å². The second kappa shape index (κ2) is 5.64. The van der Waals surface area contributed by atoms with Crippen LogP contribution >= 0.6 is 0 Å². The van der Waals surface area contributed by atoms with Crippen molar-refractivity contribution in [1.82, 2.24) is 10.3 Å². The van der Waals surface area contributed by atoms with Crippen LogP contribution in [0.1, 0.15) is 39.3 Å². The summed E-state index contributed by atoms with van der Waals surface area (Å²) in [6, 6.07) is 10.8. The van der Waals surface area contributed by atoms with Crippen molar-refractivity contribution in [3.63, 3.8) is 0 Å². The summed E-state index contributed by atoms with van der Waals surface area (Å²) >= 11 is 0. The number of fused-ring (bicyclic) bond motifs is 1. The largest absolute Gasteiger partial charge is 0.351 e. The molecule has 1 aliphatic heterocycles. The van der Waals surface area contributed by atoms with Crippen LogP contribution in [0.25, 0.3) is 10.8 Å². The number of hydrogen-bond acceptors (Lipinski definition) is 3. The van der Waals surface area contributed by atoms with Gasteiger partial charge >= 0.3 is 0 Å². The van der Waals surface area contributed by atoms with Gasteiger partial charge in [0.1, 0.15) is 5.82 Å². The minimum Gasteiger partial charge on any atom is -0.351 e. The fraction of sp³-hybridized carbons (Fsp3) is 0.500. The van der Waals surface area contributed by atoms with Gasteiger partial charge in [-0.25, -0.2) is 4.98 Å². The van der Waals surface area contributed by atoms with E-state index in [1.54, 1.807) is 0 Å². The van der Waals surface area contributed by atoms with Crippen molar-refractivity contribution in [3.05, 3.63) is 36.0 Å². The Labute approximate surface area is 127 Å². The molecule has 1 saturated heterocycles. The lowest BCUT2D eigenvalue weighted by molar-refractivity contribution is 0.515. The van der Waals surface area contributed by atoms with E-state index in [0.717, 1.165) is 31.1 Å². The minimum atomic E-state index is 0.201. The summed E-state index contributed by atoms with van der Waals surface area (Å²) < 4.78 is 0. The van der Waals surface area contributed by atoms with Crippen LogP contribution in [0.3, 0.4) is 0 Å². The fourth-order valence-corrected chi connectivity index (χ4v) is 3.28. The zero-order valence-electron chi connectivity index (χ0n) is 13.3. The van der Waals surface area contributed by atoms with Crippen molar-refractivity contribution >= 4 is 16.6 Å². The molecule has 0 aliphatic carbocycles. The van der Waals surface area contributed by atoms with Gasteiger partial charge in [0.2, 0.25) is 0 Å². The Morgan fingerprint density at radius 3 is 2.81 bits per heavy atom. The number of aromatic nitrogens is 1. The van der Waals surface area contributed by atoms with Crippen molar-refractivity contribution in [2.45, 2.75) is 45.7 Å². The molecule has 1 aliphatic rings. The normalized spacial score (nSPS) is 17.6. The van der Waals surface area contributed by atoms with Crippen LogP contribution in [0.5, 0.6) is 0 Å². The topological polar surface area (TPSA) is 28.2 Å². The van der Waals surface area contributed by atoms with Gasteiger partial charge < -0.3 is 10.2 Å². The van der Waals surface area contributed by atoms with Crippen molar-refractivity contribution in [2.75, 3.05) is 18.0 Å². The van der Waals surface area contributed by atoms with Gasteiger partial charge in [-0.2, -0.15) is 0 Å². The van der Waals surface area contributed by atoms with Crippen molar-refractivity contribution in [1.29, 1.82) is 0 Å². The minimum absolute atomic E-state index is 0.201. The summed E-state index contributed by atoms with van der Waals surface area (Å²) in [5, 5.41) is 5.95. The van der Waals surface area contributed by atoms with E-state index in [0.29, 0.717) is 0 Å². The van der Waals surface area contributed by atoms with Crippen LogP contribution in [-0.4, -0.2) is 23.6 Å². The summed E-state index contributed by atoms with van der Waals surface area (Å²) in [7, 11) is 0. The Kier molecular flexibility index (Phi) is 3.85. The molecule has 112 valence electrons. The van der Waals surface area contributed by atoms with Gasteiger partial charge in [-0.05, 0) is 44.7 Å². The maximum absolute atomic E-state index is 4.98. The molecule has 1 aromatic carbocycles. The fourth-order valence-electron chi connectivity index (χ4n) is 3.28. The third kappa shape index (κ3) is 2.75. The summed E-state index contributed by atoms with van der Waals surface area (Å²) in [6.07, 6.45) is 2.49. The van der Waals surface area contributed by atoms with E-state index >= 15 is 0 Å². The Morgan fingerprint density at radius 1 is 1.29 bits per heavy atom. The van der Waals surface area contributed by atoms with Gasteiger partial charge in [-0.1, -0.05) is 31.2 Å². The maximum atomic E-state index is 4.98. The smallest absolute Gasteiger partial charge is 0.137 e. The first-order valence-electron chi connectivity index (χ1n) is 7.99. The molecule has 1 aromatic heterocycles. The van der Waals surface area contributed by atoms with Crippen LogP contribution in [0, 0.1) is 0 Å². The lowest BCUT2D eigenvalue weighted by Gasteiger charge is -2.33. The molecule has 0 saturated carbocycles. The molecule has 3 nitrogen and oxygen atoms in total. The van der Waals surface area contributed by atoms with Gasteiger partial charge in [0.15, 0.2) is 0 Å². The molecule has 1 fully saturated rings. The van der Waals surface area contributed by atoms with Crippen LogP contribution in [0.4, 0.5) is 5.82 Å². The average molecular weight is 283 g/mol. The van der Waals surface area contributed by atoms with E-state index in [1.807, 2.05) is 0 Å². The molecule has 0 spiro atoms. The number of nitrogens with one attached hydrogen (secondary N) is 1. The SMILES string of the molecule is CCNCc1cc2ccccc2c(N2CCCC2(C)C)n1. The van der Waals surface area contributed by atoms with Crippen molar-refractivity contribution in [2.24, 2.45) is 0 Å². The third-order valence-electron chi connectivity index (χ3n) is 4.49.